The number of halogens is 2. The van der Waals surface area contributed by atoms with E-state index in [0.717, 1.165) is 6.42 Å². The number of hydrogen-bond donors (Lipinski definition) is 2. The van der Waals surface area contributed by atoms with Gasteiger partial charge in [-0.15, -0.1) is 0 Å². The van der Waals surface area contributed by atoms with Gasteiger partial charge in [0.15, 0.2) is 0 Å². The molecule has 0 amide bonds. The summed E-state index contributed by atoms with van der Waals surface area (Å²) in [5.41, 5.74) is 0.450. The zero-order valence-electron chi connectivity index (χ0n) is 8.63. The zero-order chi connectivity index (χ0) is 11.3. The molecule has 0 fully saturated rings. The first kappa shape index (κ1) is 12.4. The number of rotatable bonds is 5. The summed E-state index contributed by atoms with van der Waals surface area (Å²) in [6.07, 6.45) is 0.794. The van der Waals surface area contributed by atoms with E-state index in [-0.39, 0.29) is 18.5 Å². The van der Waals surface area contributed by atoms with Crippen LogP contribution in [0.4, 0.5) is 4.39 Å². The highest BCUT2D eigenvalue weighted by Gasteiger charge is 2.09. The maximum Gasteiger partial charge on any atom is 0.129 e. The van der Waals surface area contributed by atoms with Crippen molar-refractivity contribution in [2.75, 3.05) is 6.61 Å². The second kappa shape index (κ2) is 6.05. The van der Waals surface area contributed by atoms with Crippen LogP contribution in [0, 0.1) is 5.82 Å². The van der Waals surface area contributed by atoms with Crippen LogP contribution >= 0.6 is 11.6 Å². The molecule has 1 rings (SSSR count). The number of nitrogens with one attached hydrogen (secondary N) is 1. The summed E-state index contributed by atoms with van der Waals surface area (Å²) in [5, 5.41) is 12.4. The summed E-state index contributed by atoms with van der Waals surface area (Å²) in [6.45, 7) is 2.34. The molecule has 1 aromatic carbocycles. The highest BCUT2D eigenvalue weighted by Crippen LogP contribution is 2.18. The van der Waals surface area contributed by atoms with Gasteiger partial charge >= 0.3 is 0 Å². The third-order valence-electron chi connectivity index (χ3n) is 2.34. The van der Waals surface area contributed by atoms with Gasteiger partial charge in [0.1, 0.15) is 5.82 Å². The number of aliphatic hydroxyl groups is 1. The van der Waals surface area contributed by atoms with Crippen molar-refractivity contribution in [3.05, 3.63) is 34.6 Å². The molecule has 0 saturated carbocycles. The van der Waals surface area contributed by atoms with Crippen LogP contribution < -0.4 is 5.32 Å². The minimum Gasteiger partial charge on any atom is -0.395 e. The van der Waals surface area contributed by atoms with E-state index in [9.17, 15) is 4.39 Å². The Kier molecular flexibility index (Phi) is 5.02. The fourth-order valence-electron chi connectivity index (χ4n) is 1.29. The molecule has 0 aliphatic heterocycles. The first-order chi connectivity index (χ1) is 7.19. The minimum atomic E-state index is -0.317. The molecule has 0 saturated heterocycles. The van der Waals surface area contributed by atoms with E-state index >= 15 is 0 Å². The van der Waals surface area contributed by atoms with Gasteiger partial charge in [-0.05, 0) is 18.6 Å². The van der Waals surface area contributed by atoms with Crippen molar-refractivity contribution in [2.45, 2.75) is 25.9 Å². The smallest absolute Gasteiger partial charge is 0.129 e. The maximum atomic E-state index is 13.3. The SMILES string of the molecule is CCC(CO)NCc1c(F)cccc1Cl. The first-order valence-corrected chi connectivity index (χ1v) is 5.34. The van der Waals surface area contributed by atoms with Gasteiger partial charge in [0.25, 0.3) is 0 Å². The van der Waals surface area contributed by atoms with E-state index < -0.39 is 0 Å². The summed E-state index contributed by atoms with van der Waals surface area (Å²) >= 11 is 5.86. The van der Waals surface area contributed by atoms with Crippen molar-refractivity contribution in [3.63, 3.8) is 0 Å². The summed E-state index contributed by atoms with van der Waals surface area (Å²) in [4.78, 5) is 0. The molecule has 15 heavy (non-hydrogen) atoms. The van der Waals surface area contributed by atoms with Gasteiger partial charge < -0.3 is 10.4 Å². The summed E-state index contributed by atoms with van der Waals surface area (Å²) in [6, 6.07) is 4.59. The third kappa shape index (κ3) is 3.45. The van der Waals surface area contributed by atoms with Gasteiger partial charge in [-0.3, -0.25) is 0 Å². The van der Waals surface area contributed by atoms with E-state index in [1.165, 1.54) is 6.07 Å². The van der Waals surface area contributed by atoms with Crippen molar-refractivity contribution in [3.8, 4) is 0 Å². The van der Waals surface area contributed by atoms with Crippen molar-refractivity contribution in [1.82, 2.24) is 5.32 Å². The number of aliphatic hydroxyl groups excluding tert-OH is 1. The fourth-order valence-corrected chi connectivity index (χ4v) is 1.52. The first-order valence-electron chi connectivity index (χ1n) is 4.96. The predicted molar refractivity (Wildman–Crippen MR) is 59.4 cm³/mol. The number of hydrogen-bond acceptors (Lipinski definition) is 2. The van der Waals surface area contributed by atoms with Crippen molar-refractivity contribution < 1.29 is 9.50 Å². The minimum absolute atomic E-state index is 0.0133. The Labute approximate surface area is 94.1 Å². The van der Waals surface area contributed by atoms with Crippen molar-refractivity contribution in [1.29, 1.82) is 0 Å². The Morgan fingerprint density at radius 3 is 2.80 bits per heavy atom. The van der Waals surface area contributed by atoms with Crippen molar-refractivity contribution in [2.24, 2.45) is 0 Å². The summed E-state index contributed by atoms with van der Waals surface area (Å²) in [7, 11) is 0. The molecule has 4 heteroatoms. The highest BCUT2D eigenvalue weighted by molar-refractivity contribution is 6.31. The molecule has 0 radical (unpaired) electrons. The van der Waals surface area contributed by atoms with Gasteiger partial charge in [-0.1, -0.05) is 24.6 Å². The molecule has 2 N–H and O–H groups in total. The molecular formula is C11H15ClFNO. The Balaban J connectivity index is 2.64. The van der Waals surface area contributed by atoms with Crippen LogP contribution in [0.5, 0.6) is 0 Å². The fraction of sp³-hybridized carbons (Fsp3) is 0.455. The molecule has 1 aromatic rings. The molecule has 1 atom stereocenters. The topological polar surface area (TPSA) is 32.3 Å². The molecule has 0 aromatic heterocycles. The molecule has 1 unspecified atom stereocenters. The Morgan fingerprint density at radius 1 is 1.53 bits per heavy atom. The molecule has 0 heterocycles. The normalized spacial score (nSPS) is 12.8. The van der Waals surface area contributed by atoms with Gasteiger partial charge in [-0.2, -0.15) is 0 Å². The van der Waals surface area contributed by atoms with Gasteiger partial charge in [0.05, 0.1) is 6.61 Å². The van der Waals surface area contributed by atoms with E-state index in [1.807, 2.05) is 6.92 Å². The molecule has 0 spiro atoms. The van der Waals surface area contributed by atoms with Crippen LogP contribution in [0.2, 0.25) is 5.02 Å². The van der Waals surface area contributed by atoms with E-state index in [0.29, 0.717) is 17.1 Å². The second-order valence-electron chi connectivity index (χ2n) is 3.37. The molecule has 84 valence electrons. The Hall–Kier alpha value is -0.640. The van der Waals surface area contributed by atoms with Crippen LogP contribution in [0.3, 0.4) is 0 Å². The van der Waals surface area contributed by atoms with Crippen molar-refractivity contribution >= 4 is 11.6 Å². The Morgan fingerprint density at radius 2 is 2.27 bits per heavy atom. The third-order valence-corrected chi connectivity index (χ3v) is 2.70. The number of benzene rings is 1. The summed E-state index contributed by atoms with van der Waals surface area (Å²) in [5.74, 6) is -0.317. The lowest BCUT2D eigenvalue weighted by Crippen LogP contribution is -2.31. The molecule has 0 aliphatic carbocycles. The monoisotopic (exact) mass is 231 g/mol. The molecule has 0 bridgehead atoms. The standard InChI is InChI=1S/C11H15ClFNO/c1-2-8(7-15)14-6-9-10(12)4-3-5-11(9)13/h3-5,8,14-15H,2,6-7H2,1H3. The lowest BCUT2D eigenvalue weighted by atomic mass is 10.2. The summed E-state index contributed by atoms with van der Waals surface area (Å²) < 4.78 is 13.3. The maximum absolute atomic E-state index is 13.3. The molecule has 2 nitrogen and oxygen atoms in total. The lowest BCUT2D eigenvalue weighted by Gasteiger charge is -2.14. The van der Waals surface area contributed by atoms with Crippen LogP contribution in [-0.4, -0.2) is 17.8 Å². The largest absolute Gasteiger partial charge is 0.395 e. The zero-order valence-corrected chi connectivity index (χ0v) is 9.39. The van der Waals surface area contributed by atoms with Gasteiger partial charge in [0.2, 0.25) is 0 Å². The average molecular weight is 232 g/mol. The molecular weight excluding hydrogens is 217 g/mol. The quantitative estimate of drug-likeness (QED) is 0.815. The van der Waals surface area contributed by atoms with Gasteiger partial charge in [0, 0.05) is 23.2 Å². The van der Waals surface area contributed by atoms with Crippen LogP contribution in [0.15, 0.2) is 18.2 Å². The van der Waals surface area contributed by atoms with E-state index in [2.05, 4.69) is 5.32 Å². The van der Waals surface area contributed by atoms with Crippen LogP contribution in [0.25, 0.3) is 0 Å². The highest BCUT2D eigenvalue weighted by atomic mass is 35.5. The Bertz CT molecular complexity index is 295. The second-order valence-corrected chi connectivity index (χ2v) is 3.78. The van der Waals surface area contributed by atoms with Crippen LogP contribution in [-0.2, 0) is 6.54 Å². The van der Waals surface area contributed by atoms with Gasteiger partial charge in [-0.25, -0.2) is 4.39 Å². The average Bonchev–Trinajstić information content (AvgIpc) is 2.23. The predicted octanol–water partition coefficient (Wildman–Crippen LogP) is 2.34. The lowest BCUT2D eigenvalue weighted by molar-refractivity contribution is 0.238. The van der Waals surface area contributed by atoms with E-state index in [1.54, 1.807) is 12.1 Å². The molecule has 0 aliphatic rings. The van der Waals surface area contributed by atoms with Crippen LogP contribution in [0.1, 0.15) is 18.9 Å². The van der Waals surface area contributed by atoms with E-state index in [4.69, 9.17) is 16.7 Å².